The van der Waals surface area contributed by atoms with Crippen molar-refractivity contribution in [2.45, 2.75) is 18.9 Å². The molecule has 1 aliphatic rings. The summed E-state index contributed by atoms with van der Waals surface area (Å²) in [5.74, 6) is 0.886. The highest BCUT2D eigenvalue weighted by Gasteiger charge is 2.23. The Morgan fingerprint density at radius 1 is 1.04 bits per heavy atom. The van der Waals surface area contributed by atoms with E-state index in [1.165, 1.54) is 0 Å². The van der Waals surface area contributed by atoms with Crippen LogP contribution >= 0.6 is 0 Å². The number of aromatic nitrogens is 2. The fourth-order valence-corrected chi connectivity index (χ4v) is 2.75. The number of carbonyl (C=O) groups is 1. The first-order valence-electron chi connectivity index (χ1n) is 8.21. The minimum absolute atomic E-state index is 0.102. The Hall–Kier alpha value is -2.99. The first-order chi connectivity index (χ1) is 12.3. The van der Waals surface area contributed by atoms with Crippen LogP contribution in [0.5, 0.6) is 0 Å². The summed E-state index contributed by atoms with van der Waals surface area (Å²) < 4.78 is 10.7. The normalized spacial score (nSPS) is 16.7. The number of nitrogens with zero attached hydrogens (tertiary/aromatic N) is 2. The van der Waals surface area contributed by atoms with Gasteiger partial charge in [-0.05, 0) is 37.1 Å². The van der Waals surface area contributed by atoms with Crippen LogP contribution < -0.4 is 5.32 Å². The molecule has 6 heteroatoms. The number of hydrogen-bond acceptors (Lipinski definition) is 5. The van der Waals surface area contributed by atoms with E-state index < -0.39 is 0 Å². The van der Waals surface area contributed by atoms with Crippen molar-refractivity contribution >= 4 is 11.6 Å². The quantitative estimate of drug-likeness (QED) is 0.789. The van der Waals surface area contributed by atoms with E-state index in [1.54, 1.807) is 0 Å². The van der Waals surface area contributed by atoms with Crippen LogP contribution in [0.3, 0.4) is 0 Å². The Kier molecular flexibility index (Phi) is 4.26. The highest BCUT2D eigenvalue weighted by Crippen LogP contribution is 2.23. The molecule has 1 saturated heterocycles. The smallest absolute Gasteiger partial charge is 0.258 e. The standard InChI is InChI=1S/C19H17N3O3/c23-18(16-7-4-12-24-16)20-15-10-8-14(9-11-15)19-21-17(22-25-19)13-5-2-1-3-6-13/h1-3,5-6,8-11,16H,4,7,12H2,(H,20,23). The molecule has 0 aliphatic carbocycles. The lowest BCUT2D eigenvalue weighted by Gasteiger charge is -2.10. The second kappa shape index (κ2) is 6.86. The summed E-state index contributed by atoms with van der Waals surface area (Å²) in [7, 11) is 0. The van der Waals surface area contributed by atoms with Gasteiger partial charge in [0.2, 0.25) is 5.82 Å². The number of hydrogen-bond donors (Lipinski definition) is 1. The number of rotatable bonds is 4. The van der Waals surface area contributed by atoms with Crippen LogP contribution in [0.25, 0.3) is 22.8 Å². The number of benzene rings is 2. The molecule has 1 amide bonds. The zero-order valence-electron chi connectivity index (χ0n) is 13.5. The van der Waals surface area contributed by atoms with Crippen LogP contribution in [0.2, 0.25) is 0 Å². The van der Waals surface area contributed by atoms with Gasteiger partial charge in [0, 0.05) is 23.4 Å². The number of carbonyl (C=O) groups excluding carboxylic acids is 1. The molecule has 0 spiro atoms. The Morgan fingerprint density at radius 2 is 1.84 bits per heavy atom. The predicted molar refractivity (Wildman–Crippen MR) is 92.8 cm³/mol. The lowest BCUT2D eigenvalue weighted by Crippen LogP contribution is -2.26. The molecule has 3 aromatic rings. The first kappa shape index (κ1) is 15.5. The third-order valence-corrected chi connectivity index (χ3v) is 4.08. The molecule has 6 nitrogen and oxygen atoms in total. The summed E-state index contributed by atoms with van der Waals surface area (Å²) in [6.07, 6.45) is 1.36. The predicted octanol–water partition coefficient (Wildman–Crippen LogP) is 3.52. The zero-order chi connectivity index (χ0) is 17.1. The molecule has 1 aromatic heterocycles. The minimum Gasteiger partial charge on any atom is -0.368 e. The molecule has 1 unspecified atom stereocenters. The van der Waals surface area contributed by atoms with E-state index in [0.717, 1.165) is 24.0 Å². The van der Waals surface area contributed by atoms with Gasteiger partial charge in [-0.2, -0.15) is 4.98 Å². The topological polar surface area (TPSA) is 77.3 Å². The van der Waals surface area contributed by atoms with Crippen molar-refractivity contribution in [3.8, 4) is 22.8 Å². The number of nitrogens with one attached hydrogen (secondary N) is 1. The highest BCUT2D eigenvalue weighted by molar-refractivity contribution is 5.94. The van der Waals surface area contributed by atoms with E-state index in [-0.39, 0.29) is 12.0 Å². The Labute approximate surface area is 144 Å². The molecule has 0 bridgehead atoms. The van der Waals surface area contributed by atoms with Gasteiger partial charge < -0.3 is 14.6 Å². The first-order valence-corrected chi connectivity index (χ1v) is 8.21. The van der Waals surface area contributed by atoms with E-state index >= 15 is 0 Å². The lowest BCUT2D eigenvalue weighted by molar-refractivity contribution is -0.124. The average Bonchev–Trinajstić information content (AvgIpc) is 3.35. The van der Waals surface area contributed by atoms with Gasteiger partial charge in [-0.3, -0.25) is 4.79 Å². The van der Waals surface area contributed by atoms with Crippen molar-refractivity contribution in [1.29, 1.82) is 0 Å². The zero-order valence-corrected chi connectivity index (χ0v) is 13.5. The molecule has 1 atom stereocenters. The monoisotopic (exact) mass is 335 g/mol. The third kappa shape index (κ3) is 3.44. The van der Waals surface area contributed by atoms with Crippen molar-refractivity contribution in [2.75, 3.05) is 11.9 Å². The van der Waals surface area contributed by atoms with Gasteiger partial charge in [0.15, 0.2) is 0 Å². The van der Waals surface area contributed by atoms with Gasteiger partial charge in [0.25, 0.3) is 11.8 Å². The van der Waals surface area contributed by atoms with Gasteiger partial charge in [-0.15, -0.1) is 0 Å². The Bertz CT molecular complexity index is 853. The van der Waals surface area contributed by atoms with Gasteiger partial charge in [-0.1, -0.05) is 35.5 Å². The van der Waals surface area contributed by atoms with Gasteiger partial charge >= 0.3 is 0 Å². The van der Waals surface area contributed by atoms with E-state index in [2.05, 4.69) is 15.5 Å². The van der Waals surface area contributed by atoms with Crippen LogP contribution in [-0.2, 0) is 9.53 Å². The number of anilines is 1. The van der Waals surface area contributed by atoms with Crippen LogP contribution in [-0.4, -0.2) is 28.8 Å². The molecule has 0 radical (unpaired) electrons. The van der Waals surface area contributed by atoms with Gasteiger partial charge in [-0.25, -0.2) is 0 Å². The molecule has 1 N–H and O–H groups in total. The molecule has 2 aromatic carbocycles. The highest BCUT2D eigenvalue weighted by atomic mass is 16.5. The maximum absolute atomic E-state index is 12.1. The summed E-state index contributed by atoms with van der Waals surface area (Å²) in [5, 5.41) is 6.88. The lowest BCUT2D eigenvalue weighted by atomic mass is 10.2. The van der Waals surface area contributed by atoms with Crippen LogP contribution in [0.1, 0.15) is 12.8 Å². The maximum Gasteiger partial charge on any atom is 0.258 e. The summed E-state index contributed by atoms with van der Waals surface area (Å²) in [6.45, 7) is 0.651. The van der Waals surface area contributed by atoms with Crippen LogP contribution in [0.15, 0.2) is 59.1 Å². The molecule has 2 heterocycles. The fraction of sp³-hybridized carbons (Fsp3) is 0.211. The van der Waals surface area contributed by atoms with Gasteiger partial charge in [0.05, 0.1) is 0 Å². The van der Waals surface area contributed by atoms with Gasteiger partial charge in [0.1, 0.15) is 6.10 Å². The summed E-state index contributed by atoms with van der Waals surface area (Å²) in [6, 6.07) is 17.0. The van der Waals surface area contributed by atoms with E-state index in [9.17, 15) is 4.79 Å². The molecular formula is C19H17N3O3. The second-order valence-corrected chi connectivity index (χ2v) is 5.86. The molecule has 1 fully saturated rings. The maximum atomic E-state index is 12.1. The number of ether oxygens (including phenoxy) is 1. The SMILES string of the molecule is O=C(Nc1ccc(-c2nc(-c3ccccc3)no2)cc1)C1CCCO1. The molecule has 126 valence electrons. The molecule has 1 aliphatic heterocycles. The molecule has 4 rings (SSSR count). The van der Waals surface area contributed by atoms with Crippen molar-refractivity contribution < 1.29 is 14.1 Å². The van der Waals surface area contributed by atoms with Crippen LogP contribution in [0, 0.1) is 0 Å². The third-order valence-electron chi connectivity index (χ3n) is 4.08. The van der Waals surface area contributed by atoms with Crippen molar-refractivity contribution in [3.63, 3.8) is 0 Å². The fourth-order valence-electron chi connectivity index (χ4n) is 2.75. The molecular weight excluding hydrogens is 318 g/mol. The van der Waals surface area contributed by atoms with E-state index in [4.69, 9.17) is 9.26 Å². The van der Waals surface area contributed by atoms with Crippen molar-refractivity contribution in [3.05, 3.63) is 54.6 Å². The summed E-state index contributed by atoms with van der Waals surface area (Å²) in [4.78, 5) is 16.5. The summed E-state index contributed by atoms with van der Waals surface area (Å²) in [5.41, 5.74) is 2.41. The van der Waals surface area contributed by atoms with Crippen molar-refractivity contribution in [2.24, 2.45) is 0 Å². The minimum atomic E-state index is -0.343. The Balaban J connectivity index is 1.47. The Morgan fingerprint density at radius 3 is 2.56 bits per heavy atom. The van der Waals surface area contributed by atoms with E-state index in [1.807, 2.05) is 54.6 Å². The summed E-state index contributed by atoms with van der Waals surface area (Å²) >= 11 is 0. The molecule has 25 heavy (non-hydrogen) atoms. The average molecular weight is 335 g/mol. The van der Waals surface area contributed by atoms with E-state index in [0.29, 0.717) is 24.0 Å². The molecule has 0 saturated carbocycles. The van der Waals surface area contributed by atoms with Crippen LogP contribution in [0.4, 0.5) is 5.69 Å². The number of amides is 1. The largest absolute Gasteiger partial charge is 0.368 e. The second-order valence-electron chi connectivity index (χ2n) is 5.86. The van der Waals surface area contributed by atoms with Crippen molar-refractivity contribution in [1.82, 2.24) is 10.1 Å².